The molecule has 0 atom stereocenters. The Bertz CT molecular complexity index is 506. The van der Waals surface area contributed by atoms with Crippen molar-refractivity contribution in [3.05, 3.63) is 11.8 Å². The number of nitrogens with zero attached hydrogens (tertiary/aromatic N) is 2. The van der Waals surface area contributed by atoms with E-state index < -0.39 is 0 Å². The average Bonchev–Trinajstić information content (AvgIpc) is 2.87. The molecule has 3 N–H and O–H groups in total. The minimum absolute atomic E-state index is 0.0000151. The number of rotatable bonds is 5. The van der Waals surface area contributed by atoms with Crippen LogP contribution in [0.4, 0.5) is 5.82 Å². The lowest BCUT2D eigenvalue weighted by atomic mass is 9.89. The Morgan fingerprint density at radius 1 is 1.38 bits per heavy atom. The number of aliphatic hydroxyl groups is 1. The number of amides is 2. The van der Waals surface area contributed by atoms with Gasteiger partial charge >= 0.3 is 0 Å². The van der Waals surface area contributed by atoms with Gasteiger partial charge in [-0.2, -0.15) is 5.10 Å². The molecule has 2 rings (SSSR count). The number of aliphatic hydroxyl groups excluding tert-OH is 1. The van der Waals surface area contributed by atoms with Crippen molar-refractivity contribution in [1.29, 1.82) is 0 Å². The van der Waals surface area contributed by atoms with Crippen molar-refractivity contribution in [2.45, 2.75) is 32.1 Å². The number of hydrogen-bond donors (Lipinski definition) is 3. The van der Waals surface area contributed by atoms with Gasteiger partial charge in [0.2, 0.25) is 5.91 Å². The predicted molar refractivity (Wildman–Crippen MR) is 77.8 cm³/mol. The first-order valence-electron chi connectivity index (χ1n) is 7.35. The topological polar surface area (TPSA) is 96.2 Å². The van der Waals surface area contributed by atoms with Gasteiger partial charge in [-0.15, -0.1) is 0 Å². The highest BCUT2D eigenvalue weighted by atomic mass is 16.3. The van der Waals surface area contributed by atoms with Crippen molar-refractivity contribution in [3.63, 3.8) is 0 Å². The normalized spacial score (nSPS) is 15.7. The molecule has 0 radical (unpaired) electrons. The van der Waals surface area contributed by atoms with E-state index in [1.807, 2.05) is 0 Å². The van der Waals surface area contributed by atoms with Crippen LogP contribution in [0.1, 0.15) is 42.6 Å². The second-order valence-corrected chi connectivity index (χ2v) is 5.34. The van der Waals surface area contributed by atoms with E-state index in [2.05, 4.69) is 15.7 Å². The molecule has 1 saturated carbocycles. The van der Waals surface area contributed by atoms with Gasteiger partial charge in [0.05, 0.1) is 6.61 Å². The van der Waals surface area contributed by atoms with Crippen molar-refractivity contribution < 1.29 is 14.7 Å². The van der Waals surface area contributed by atoms with E-state index in [0.717, 1.165) is 25.7 Å². The van der Waals surface area contributed by atoms with Crippen molar-refractivity contribution >= 4 is 17.6 Å². The molecule has 21 heavy (non-hydrogen) atoms. The second-order valence-electron chi connectivity index (χ2n) is 5.34. The van der Waals surface area contributed by atoms with Gasteiger partial charge in [0.1, 0.15) is 5.82 Å². The van der Waals surface area contributed by atoms with Crippen LogP contribution in [0.25, 0.3) is 0 Å². The molecular weight excluding hydrogens is 272 g/mol. The van der Waals surface area contributed by atoms with Crippen molar-refractivity contribution in [2.75, 3.05) is 18.5 Å². The highest BCUT2D eigenvalue weighted by Gasteiger charge is 2.22. The minimum Gasteiger partial charge on any atom is -0.395 e. The molecule has 1 aromatic rings. The summed E-state index contributed by atoms with van der Waals surface area (Å²) in [6.07, 6.45) is 5.24. The number of nitrogens with one attached hydrogen (secondary N) is 2. The molecule has 0 saturated heterocycles. The summed E-state index contributed by atoms with van der Waals surface area (Å²) in [7, 11) is 1.68. The van der Waals surface area contributed by atoms with Crippen LogP contribution in [0.5, 0.6) is 0 Å². The average molecular weight is 294 g/mol. The third-order valence-electron chi connectivity index (χ3n) is 3.74. The van der Waals surface area contributed by atoms with Crippen LogP contribution in [-0.4, -0.2) is 39.9 Å². The van der Waals surface area contributed by atoms with E-state index in [0.29, 0.717) is 5.82 Å². The number of hydrogen-bond acceptors (Lipinski definition) is 4. The van der Waals surface area contributed by atoms with Crippen molar-refractivity contribution in [2.24, 2.45) is 13.0 Å². The van der Waals surface area contributed by atoms with E-state index in [9.17, 15) is 9.59 Å². The Morgan fingerprint density at radius 3 is 2.76 bits per heavy atom. The van der Waals surface area contributed by atoms with E-state index in [-0.39, 0.29) is 36.6 Å². The summed E-state index contributed by atoms with van der Waals surface area (Å²) in [4.78, 5) is 23.9. The van der Waals surface area contributed by atoms with Crippen molar-refractivity contribution in [1.82, 2.24) is 15.1 Å². The quantitative estimate of drug-likeness (QED) is 0.743. The molecule has 0 bridgehead atoms. The molecule has 0 aliphatic heterocycles. The molecule has 0 spiro atoms. The molecule has 7 nitrogen and oxygen atoms in total. The van der Waals surface area contributed by atoms with E-state index in [1.54, 1.807) is 13.1 Å². The predicted octanol–water partition coefficient (Wildman–Crippen LogP) is 0.661. The third-order valence-corrected chi connectivity index (χ3v) is 3.74. The fraction of sp³-hybridized carbons (Fsp3) is 0.643. The van der Waals surface area contributed by atoms with Gasteiger partial charge in [-0.25, -0.2) is 0 Å². The van der Waals surface area contributed by atoms with Gasteiger partial charge in [0, 0.05) is 25.6 Å². The monoisotopic (exact) mass is 294 g/mol. The molecular formula is C14H22N4O3. The molecule has 7 heteroatoms. The SMILES string of the molecule is Cn1nc(C(=O)NCCO)cc1NC(=O)C1CCCCC1. The highest BCUT2D eigenvalue weighted by molar-refractivity contribution is 5.96. The van der Waals surface area contributed by atoms with Gasteiger partial charge in [0.15, 0.2) is 5.69 Å². The summed E-state index contributed by atoms with van der Waals surface area (Å²) in [5.74, 6) is 0.206. The van der Waals surface area contributed by atoms with Gasteiger partial charge < -0.3 is 15.7 Å². The molecule has 116 valence electrons. The molecule has 2 amide bonds. The first kappa shape index (κ1) is 15.5. The lowest BCUT2D eigenvalue weighted by Crippen LogP contribution is -2.26. The number of aromatic nitrogens is 2. The fourth-order valence-electron chi connectivity index (χ4n) is 2.55. The molecule has 1 aliphatic carbocycles. The standard InChI is InChI=1S/C14H22N4O3/c1-18-12(9-11(17-18)14(21)15-7-8-19)16-13(20)10-5-3-2-4-6-10/h9-10,19H,2-8H2,1H3,(H,15,21)(H,16,20). The number of carbonyl (C=O) groups is 2. The maximum atomic E-state index is 12.2. The first-order valence-corrected chi connectivity index (χ1v) is 7.35. The van der Waals surface area contributed by atoms with Gasteiger partial charge in [-0.3, -0.25) is 14.3 Å². The smallest absolute Gasteiger partial charge is 0.271 e. The molecule has 1 heterocycles. The van der Waals surface area contributed by atoms with E-state index in [1.165, 1.54) is 11.1 Å². The van der Waals surface area contributed by atoms with Crippen LogP contribution in [0.15, 0.2) is 6.07 Å². The first-order chi connectivity index (χ1) is 10.1. The lowest BCUT2D eigenvalue weighted by molar-refractivity contribution is -0.120. The summed E-state index contributed by atoms with van der Waals surface area (Å²) in [6.45, 7) is 0.0586. The van der Waals surface area contributed by atoms with Crippen molar-refractivity contribution in [3.8, 4) is 0 Å². The summed E-state index contributed by atoms with van der Waals surface area (Å²) in [6, 6.07) is 1.55. The van der Waals surface area contributed by atoms with Crippen LogP contribution in [-0.2, 0) is 11.8 Å². The molecule has 0 unspecified atom stereocenters. The molecule has 1 aliphatic rings. The zero-order chi connectivity index (χ0) is 15.2. The Kier molecular flexibility index (Phi) is 5.32. The second kappa shape index (κ2) is 7.21. The van der Waals surface area contributed by atoms with Crippen LogP contribution in [0, 0.1) is 5.92 Å². The van der Waals surface area contributed by atoms with Crippen LogP contribution < -0.4 is 10.6 Å². The summed E-state index contributed by atoms with van der Waals surface area (Å²) >= 11 is 0. The maximum absolute atomic E-state index is 12.2. The maximum Gasteiger partial charge on any atom is 0.271 e. The molecule has 1 fully saturated rings. The van der Waals surface area contributed by atoms with Crippen LogP contribution in [0.2, 0.25) is 0 Å². The minimum atomic E-state index is -0.363. The lowest BCUT2D eigenvalue weighted by Gasteiger charge is -2.20. The Labute approximate surface area is 123 Å². The van der Waals surface area contributed by atoms with Gasteiger partial charge in [0.25, 0.3) is 5.91 Å². The summed E-state index contributed by atoms with van der Waals surface area (Å²) < 4.78 is 1.48. The number of carbonyl (C=O) groups excluding carboxylic acids is 2. The molecule has 1 aromatic heterocycles. The third kappa shape index (κ3) is 4.04. The zero-order valence-electron chi connectivity index (χ0n) is 12.3. The Morgan fingerprint density at radius 2 is 2.10 bits per heavy atom. The van der Waals surface area contributed by atoms with Crippen LogP contribution >= 0.6 is 0 Å². The fourth-order valence-corrected chi connectivity index (χ4v) is 2.55. The Balaban J connectivity index is 1.98. The van der Waals surface area contributed by atoms with E-state index >= 15 is 0 Å². The number of anilines is 1. The van der Waals surface area contributed by atoms with E-state index in [4.69, 9.17) is 5.11 Å². The molecule has 0 aromatic carbocycles. The largest absolute Gasteiger partial charge is 0.395 e. The van der Waals surface area contributed by atoms with Crippen LogP contribution in [0.3, 0.4) is 0 Å². The van der Waals surface area contributed by atoms with Gasteiger partial charge in [-0.1, -0.05) is 19.3 Å². The number of aryl methyl sites for hydroxylation is 1. The highest BCUT2D eigenvalue weighted by Crippen LogP contribution is 2.25. The summed E-state index contributed by atoms with van der Waals surface area (Å²) in [5.41, 5.74) is 0.227. The summed E-state index contributed by atoms with van der Waals surface area (Å²) in [5, 5.41) is 18.1. The zero-order valence-corrected chi connectivity index (χ0v) is 12.3. The van der Waals surface area contributed by atoms with Gasteiger partial charge in [-0.05, 0) is 12.8 Å². The Hall–Kier alpha value is -1.89.